The Labute approximate surface area is 112 Å². The SMILES string of the molecule is CCN1CCCC(CN)(NCCC2CCC2)CC1. The normalized spacial score (nSPS) is 31.0. The van der Waals surface area contributed by atoms with Gasteiger partial charge in [-0.2, -0.15) is 0 Å². The standard InChI is InChI=1S/C15H31N3/c1-2-18-11-4-8-15(13-16,9-12-18)17-10-7-14-5-3-6-14/h14,17H,2-13,16H2,1H3. The highest BCUT2D eigenvalue weighted by molar-refractivity contribution is 4.92. The van der Waals surface area contributed by atoms with E-state index in [1.165, 1.54) is 71.1 Å². The molecule has 1 heterocycles. The van der Waals surface area contributed by atoms with Crippen LogP contribution in [-0.2, 0) is 0 Å². The lowest BCUT2D eigenvalue weighted by molar-refractivity contribution is 0.242. The first-order valence-electron chi connectivity index (χ1n) is 7.95. The summed E-state index contributed by atoms with van der Waals surface area (Å²) in [5.74, 6) is 1.00. The van der Waals surface area contributed by atoms with E-state index in [9.17, 15) is 0 Å². The lowest BCUT2D eigenvalue weighted by Gasteiger charge is -2.34. The highest BCUT2D eigenvalue weighted by Crippen LogP contribution is 2.29. The van der Waals surface area contributed by atoms with Crippen LogP contribution >= 0.6 is 0 Å². The third-order valence-corrected chi connectivity index (χ3v) is 5.15. The molecule has 1 atom stereocenters. The van der Waals surface area contributed by atoms with Crippen LogP contribution < -0.4 is 11.1 Å². The number of nitrogens with zero attached hydrogens (tertiary/aromatic N) is 1. The summed E-state index contributed by atoms with van der Waals surface area (Å²) < 4.78 is 0. The smallest absolute Gasteiger partial charge is 0.0316 e. The molecule has 1 aliphatic heterocycles. The molecule has 1 saturated carbocycles. The molecule has 3 N–H and O–H groups in total. The Hall–Kier alpha value is -0.120. The van der Waals surface area contributed by atoms with Crippen molar-refractivity contribution in [2.24, 2.45) is 11.7 Å². The van der Waals surface area contributed by atoms with Gasteiger partial charge in [0.05, 0.1) is 0 Å². The summed E-state index contributed by atoms with van der Waals surface area (Å²) in [6.07, 6.45) is 9.51. The molecule has 3 heteroatoms. The number of nitrogens with two attached hydrogens (primary N) is 1. The quantitative estimate of drug-likeness (QED) is 0.760. The summed E-state index contributed by atoms with van der Waals surface area (Å²) in [6.45, 7) is 7.89. The summed E-state index contributed by atoms with van der Waals surface area (Å²) in [7, 11) is 0. The molecule has 0 aromatic carbocycles. The van der Waals surface area contributed by atoms with Gasteiger partial charge in [-0.3, -0.25) is 0 Å². The highest BCUT2D eigenvalue weighted by atomic mass is 15.1. The maximum atomic E-state index is 6.08. The third kappa shape index (κ3) is 3.69. The van der Waals surface area contributed by atoms with E-state index in [-0.39, 0.29) is 5.54 Å². The Morgan fingerprint density at radius 2 is 2.06 bits per heavy atom. The van der Waals surface area contributed by atoms with Crippen LogP contribution in [0.1, 0.15) is 51.9 Å². The van der Waals surface area contributed by atoms with Gasteiger partial charge in [-0.05, 0) is 57.8 Å². The number of nitrogens with one attached hydrogen (secondary N) is 1. The van der Waals surface area contributed by atoms with Crippen molar-refractivity contribution in [3.8, 4) is 0 Å². The van der Waals surface area contributed by atoms with Gasteiger partial charge in [0.25, 0.3) is 0 Å². The molecule has 0 radical (unpaired) electrons. The van der Waals surface area contributed by atoms with Crippen molar-refractivity contribution in [1.82, 2.24) is 10.2 Å². The number of hydrogen-bond acceptors (Lipinski definition) is 3. The molecular weight excluding hydrogens is 222 g/mol. The molecule has 0 aromatic heterocycles. The summed E-state index contributed by atoms with van der Waals surface area (Å²) in [5.41, 5.74) is 6.31. The second-order valence-corrected chi connectivity index (χ2v) is 6.28. The summed E-state index contributed by atoms with van der Waals surface area (Å²) >= 11 is 0. The van der Waals surface area contributed by atoms with Crippen molar-refractivity contribution in [2.75, 3.05) is 32.7 Å². The van der Waals surface area contributed by atoms with Gasteiger partial charge in [0, 0.05) is 12.1 Å². The predicted molar refractivity (Wildman–Crippen MR) is 77.7 cm³/mol. The van der Waals surface area contributed by atoms with E-state index in [1.54, 1.807) is 0 Å². The van der Waals surface area contributed by atoms with Gasteiger partial charge in [0.2, 0.25) is 0 Å². The van der Waals surface area contributed by atoms with Crippen molar-refractivity contribution >= 4 is 0 Å². The molecule has 2 rings (SSSR count). The summed E-state index contributed by atoms with van der Waals surface area (Å²) in [4.78, 5) is 2.56. The largest absolute Gasteiger partial charge is 0.329 e. The zero-order valence-corrected chi connectivity index (χ0v) is 12.1. The van der Waals surface area contributed by atoms with E-state index in [4.69, 9.17) is 5.73 Å². The molecule has 0 bridgehead atoms. The molecule has 0 spiro atoms. The molecule has 1 unspecified atom stereocenters. The van der Waals surface area contributed by atoms with Crippen LogP contribution in [-0.4, -0.2) is 43.2 Å². The van der Waals surface area contributed by atoms with E-state index in [0.717, 1.165) is 12.5 Å². The molecule has 2 fully saturated rings. The number of rotatable bonds is 6. The second-order valence-electron chi connectivity index (χ2n) is 6.28. The molecular formula is C15H31N3. The Kier molecular flexibility index (Phi) is 5.46. The molecule has 106 valence electrons. The van der Waals surface area contributed by atoms with Gasteiger partial charge in [0.15, 0.2) is 0 Å². The van der Waals surface area contributed by atoms with Crippen LogP contribution in [0.3, 0.4) is 0 Å². The monoisotopic (exact) mass is 253 g/mol. The van der Waals surface area contributed by atoms with Gasteiger partial charge < -0.3 is 16.0 Å². The van der Waals surface area contributed by atoms with Crippen molar-refractivity contribution in [2.45, 2.75) is 57.4 Å². The summed E-state index contributed by atoms with van der Waals surface area (Å²) in [5, 5.41) is 3.82. The molecule has 0 aromatic rings. The zero-order valence-electron chi connectivity index (χ0n) is 12.1. The van der Waals surface area contributed by atoms with Gasteiger partial charge >= 0.3 is 0 Å². The van der Waals surface area contributed by atoms with Crippen LogP contribution in [0.2, 0.25) is 0 Å². The number of likely N-dealkylation sites (tertiary alicyclic amines) is 1. The average Bonchev–Trinajstić information content (AvgIpc) is 2.55. The van der Waals surface area contributed by atoms with Gasteiger partial charge in [0.1, 0.15) is 0 Å². The minimum absolute atomic E-state index is 0.230. The third-order valence-electron chi connectivity index (χ3n) is 5.15. The van der Waals surface area contributed by atoms with Crippen molar-refractivity contribution in [1.29, 1.82) is 0 Å². The van der Waals surface area contributed by atoms with Crippen LogP contribution in [0.4, 0.5) is 0 Å². The van der Waals surface area contributed by atoms with Crippen molar-refractivity contribution in [3.05, 3.63) is 0 Å². The first kappa shape index (κ1) is 14.3. The van der Waals surface area contributed by atoms with Crippen LogP contribution in [0.5, 0.6) is 0 Å². The molecule has 1 saturated heterocycles. The van der Waals surface area contributed by atoms with Gasteiger partial charge in [-0.1, -0.05) is 26.2 Å². The fourth-order valence-corrected chi connectivity index (χ4v) is 3.34. The zero-order chi connectivity index (χ0) is 12.8. The molecule has 1 aliphatic carbocycles. The minimum Gasteiger partial charge on any atom is -0.329 e. The topological polar surface area (TPSA) is 41.3 Å². The molecule has 2 aliphatic rings. The van der Waals surface area contributed by atoms with E-state index in [0.29, 0.717) is 0 Å². The fourth-order valence-electron chi connectivity index (χ4n) is 3.34. The molecule has 0 amide bonds. The second kappa shape index (κ2) is 6.88. The van der Waals surface area contributed by atoms with E-state index < -0.39 is 0 Å². The lowest BCUT2D eigenvalue weighted by atomic mass is 9.82. The van der Waals surface area contributed by atoms with E-state index >= 15 is 0 Å². The number of hydrogen-bond donors (Lipinski definition) is 2. The lowest BCUT2D eigenvalue weighted by Crippen LogP contribution is -2.52. The maximum absolute atomic E-state index is 6.08. The molecule has 18 heavy (non-hydrogen) atoms. The van der Waals surface area contributed by atoms with Gasteiger partial charge in [-0.25, -0.2) is 0 Å². The molecule has 3 nitrogen and oxygen atoms in total. The Morgan fingerprint density at radius 3 is 2.67 bits per heavy atom. The van der Waals surface area contributed by atoms with E-state index in [1.807, 2.05) is 0 Å². The Morgan fingerprint density at radius 1 is 1.22 bits per heavy atom. The van der Waals surface area contributed by atoms with Crippen molar-refractivity contribution in [3.63, 3.8) is 0 Å². The average molecular weight is 253 g/mol. The van der Waals surface area contributed by atoms with Crippen LogP contribution in [0, 0.1) is 5.92 Å². The Balaban J connectivity index is 1.76. The Bertz CT molecular complexity index is 240. The first-order chi connectivity index (χ1) is 8.78. The summed E-state index contributed by atoms with van der Waals surface area (Å²) in [6, 6.07) is 0. The minimum atomic E-state index is 0.230. The van der Waals surface area contributed by atoms with Crippen molar-refractivity contribution < 1.29 is 0 Å². The van der Waals surface area contributed by atoms with Crippen LogP contribution in [0.25, 0.3) is 0 Å². The van der Waals surface area contributed by atoms with E-state index in [2.05, 4.69) is 17.1 Å². The maximum Gasteiger partial charge on any atom is 0.0316 e. The fraction of sp³-hybridized carbons (Fsp3) is 1.00. The van der Waals surface area contributed by atoms with Crippen LogP contribution in [0.15, 0.2) is 0 Å². The first-order valence-corrected chi connectivity index (χ1v) is 7.95. The highest BCUT2D eigenvalue weighted by Gasteiger charge is 2.30. The predicted octanol–water partition coefficient (Wildman–Crippen LogP) is 1.97. The van der Waals surface area contributed by atoms with Gasteiger partial charge in [-0.15, -0.1) is 0 Å².